The summed E-state index contributed by atoms with van der Waals surface area (Å²) in [6.45, 7) is 10.5. The minimum Gasteiger partial charge on any atom is -0.387 e. The Bertz CT molecular complexity index is 835. The zero-order valence-electron chi connectivity index (χ0n) is 34.2. The van der Waals surface area contributed by atoms with E-state index >= 15 is 0 Å². The van der Waals surface area contributed by atoms with Crippen LogP contribution >= 0.6 is 0 Å². The van der Waals surface area contributed by atoms with Crippen LogP contribution in [0.25, 0.3) is 0 Å². The Kier molecular flexibility index (Phi) is 33.6. The molecule has 0 aromatic heterocycles. The summed E-state index contributed by atoms with van der Waals surface area (Å²) in [5.74, 6) is -0.0509. The third kappa shape index (κ3) is 25.3. The van der Waals surface area contributed by atoms with Gasteiger partial charge >= 0.3 is 10.4 Å². The summed E-state index contributed by atoms with van der Waals surface area (Å²) >= 11 is 0. The summed E-state index contributed by atoms with van der Waals surface area (Å²) in [6, 6.07) is 0. The molecular formula is C44H86O5S. The second-order valence-electron chi connectivity index (χ2n) is 15.2. The van der Waals surface area contributed by atoms with E-state index in [1.807, 2.05) is 0 Å². The van der Waals surface area contributed by atoms with Crippen molar-refractivity contribution < 1.29 is 21.9 Å². The lowest BCUT2D eigenvalue weighted by molar-refractivity contribution is -0.143. The van der Waals surface area contributed by atoms with Gasteiger partial charge in [0.25, 0.3) is 0 Å². The molecular weight excluding hydrogens is 641 g/mol. The van der Waals surface area contributed by atoms with Gasteiger partial charge in [0.2, 0.25) is 0 Å². The standard InChI is InChI=1S/C44H86O5S/c1-7-11-13-15-17-19-21-23-25-27-29-31-33-35-37-39-42(9-3)44(45,41(5)49-50(46,47)48-6)43(10-4)40-38-36-34-32-30-28-26-24-22-20-18-16-14-12-8-2/h23-26,41-43,45H,7-22,27-40H2,1-6H3/b25-23-,26-24-. The Morgan fingerprint density at radius 3 is 1.12 bits per heavy atom. The van der Waals surface area contributed by atoms with E-state index in [-0.39, 0.29) is 11.8 Å². The van der Waals surface area contributed by atoms with Crippen molar-refractivity contribution >= 4 is 10.4 Å². The van der Waals surface area contributed by atoms with Gasteiger partial charge in [0, 0.05) is 0 Å². The highest BCUT2D eigenvalue weighted by Gasteiger charge is 2.48. The monoisotopic (exact) mass is 727 g/mol. The summed E-state index contributed by atoms with van der Waals surface area (Å²) in [5.41, 5.74) is -1.23. The number of hydrogen-bond donors (Lipinski definition) is 1. The zero-order chi connectivity index (χ0) is 37.2. The SMILES string of the molecule is CCCCCCCC/C=C\CCCCCCCC(CC)C(O)(C(CC)CCCCCCC/C=C\CCCCCCCC)C(C)OS(=O)(=O)OC. The molecule has 0 spiro atoms. The average Bonchev–Trinajstić information content (AvgIpc) is 3.11. The Morgan fingerprint density at radius 1 is 0.520 bits per heavy atom. The van der Waals surface area contributed by atoms with Crippen molar-refractivity contribution in [2.24, 2.45) is 11.8 Å². The average molecular weight is 727 g/mol. The fraction of sp³-hybridized carbons (Fsp3) is 0.909. The van der Waals surface area contributed by atoms with Crippen LogP contribution in [0.15, 0.2) is 24.3 Å². The Labute approximate surface area is 313 Å². The van der Waals surface area contributed by atoms with Gasteiger partial charge in [-0.05, 0) is 83.0 Å². The first-order valence-corrected chi connectivity index (χ1v) is 23.1. The molecule has 0 saturated carbocycles. The molecule has 3 atom stereocenters. The maximum Gasteiger partial charge on any atom is 0.399 e. The molecule has 0 aliphatic rings. The van der Waals surface area contributed by atoms with Crippen LogP contribution in [-0.4, -0.2) is 32.3 Å². The Morgan fingerprint density at radius 2 is 0.820 bits per heavy atom. The van der Waals surface area contributed by atoms with Gasteiger partial charge in [-0.25, -0.2) is 4.18 Å². The molecule has 0 aromatic carbocycles. The molecule has 0 amide bonds. The number of allylic oxidation sites excluding steroid dienone is 4. The van der Waals surface area contributed by atoms with E-state index < -0.39 is 22.1 Å². The van der Waals surface area contributed by atoms with Gasteiger partial charge in [0.1, 0.15) is 6.10 Å². The molecule has 0 fully saturated rings. The molecule has 6 heteroatoms. The van der Waals surface area contributed by atoms with Crippen LogP contribution in [0.2, 0.25) is 0 Å². The number of rotatable bonds is 38. The highest BCUT2D eigenvalue weighted by Crippen LogP contribution is 2.41. The first kappa shape index (κ1) is 49.3. The first-order valence-electron chi connectivity index (χ1n) is 21.7. The van der Waals surface area contributed by atoms with Crippen molar-refractivity contribution in [1.29, 1.82) is 0 Å². The third-order valence-corrected chi connectivity index (χ3v) is 12.0. The molecule has 50 heavy (non-hydrogen) atoms. The van der Waals surface area contributed by atoms with Crippen LogP contribution in [0.5, 0.6) is 0 Å². The normalized spacial score (nSPS) is 15.6. The molecule has 0 aliphatic carbocycles. The molecule has 1 N–H and O–H groups in total. The molecule has 5 nitrogen and oxygen atoms in total. The summed E-state index contributed by atoms with van der Waals surface area (Å²) in [5, 5.41) is 12.4. The second-order valence-corrected chi connectivity index (χ2v) is 16.5. The number of unbranched alkanes of at least 4 members (excludes halogenated alkanes) is 22. The van der Waals surface area contributed by atoms with E-state index in [4.69, 9.17) is 4.18 Å². The van der Waals surface area contributed by atoms with E-state index in [0.29, 0.717) is 0 Å². The van der Waals surface area contributed by atoms with E-state index in [9.17, 15) is 13.5 Å². The highest BCUT2D eigenvalue weighted by atomic mass is 32.3. The summed E-state index contributed by atoms with van der Waals surface area (Å²) in [4.78, 5) is 0. The maximum absolute atomic E-state index is 12.4. The highest BCUT2D eigenvalue weighted by molar-refractivity contribution is 7.81. The van der Waals surface area contributed by atoms with E-state index in [1.165, 1.54) is 141 Å². The minimum atomic E-state index is -4.16. The maximum atomic E-state index is 12.4. The molecule has 0 radical (unpaired) electrons. The van der Waals surface area contributed by atoms with Crippen LogP contribution in [-0.2, 0) is 18.8 Å². The van der Waals surface area contributed by atoms with Crippen LogP contribution in [0.3, 0.4) is 0 Å². The van der Waals surface area contributed by atoms with Gasteiger partial charge in [0.05, 0.1) is 12.7 Å². The van der Waals surface area contributed by atoms with Gasteiger partial charge < -0.3 is 5.11 Å². The summed E-state index contributed by atoms with van der Waals surface area (Å²) in [7, 11) is -3.04. The van der Waals surface area contributed by atoms with Gasteiger partial charge in [-0.3, -0.25) is 4.18 Å². The molecule has 0 heterocycles. The number of hydrogen-bond acceptors (Lipinski definition) is 5. The molecule has 0 rings (SSSR count). The van der Waals surface area contributed by atoms with Crippen molar-refractivity contribution in [3.05, 3.63) is 24.3 Å². The van der Waals surface area contributed by atoms with E-state index in [1.54, 1.807) is 6.92 Å². The van der Waals surface area contributed by atoms with Gasteiger partial charge in [0.15, 0.2) is 0 Å². The lowest BCUT2D eigenvalue weighted by atomic mass is 9.68. The predicted molar refractivity (Wildman–Crippen MR) is 218 cm³/mol. The summed E-state index contributed by atoms with van der Waals surface area (Å²) < 4.78 is 34.8. The van der Waals surface area contributed by atoms with E-state index in [0.717, 1.165) is 58.5 Å². The smallest absolute Gasteiger partial charge is 0.387 e. The van der Waals surface area contributed by atoms with Gasteiger partial charge in [-0.15, -0.1) is 0 Å². The van der Waals surface area contributed by atoms with Crippen molar-refractivity contribution in [3.63, 3.8) is 0 Å². The second kappa shape index (κ2) is 34.1. The van der Waals surface area contributed by atoms with Crippen molar-refractivity contribution in [1.82, 2.24) is 0 Å². The lowest BCUT2D eigenvalue weighted by Gasteiger charge is -2.45. The van der Waals surface area contributed by atoms with Crippen molar-refractivity contribution in [3.8, 4) is 0 Å². The molecule has 0 saturated heterocycles. The molecule has 0 bridgehead atoms. The van der Waals surface area contributed by atoms with Crippen LogP contribution < -0.4 is 0 Å². The zero-order valence-corrected chi connectivity index (χ0v) is 35.1. The summed E-state index contributed by atoms with van der Waals surface area (Å²) in [6.07, 6.45) is 44.8. The van der Waals surface area contributed by atoms with E-state index in [2.05, 4.69) is 56.2 Å². The third-order valence-electron chi connectivity index (χ3n) is 11.0. The fourth-order valence-electron chi connectivity index (χ4n) is 7.74. The van der Waals surface area contributed by atoms with Crippen molar-refractivity contribution in [2.45, 2.75) is 239 Å². The number of aliphatic hydroxyl groups is 1. The Hall–Kier alpha value is -0.690. The Balaban J connectivity index is 4.69. The lowest BCUT2D eigenvalue weighted by Crippen LogP contribution is -2.54. The molecule has 0 aromatic rings. The first-order chi connectivity index (χ1) is 24.2. The van der Waals surface area contributed by atoms with Gasteiger partial charge in [-0.2, -0.15) is 8.42 Å². The van der Waals surface area contributed by atoms with Crippen molar-refractivity contribution in [2.75, 3.05) is 7.11 Å². The fourth-order valence-corrected chi connectivity index (χ4v) is 8.32. The van der Waals surface area contributed by atoms with Gasteiger partial charge in [-0.1, -0.05) is 180 Å². The molecule has 0 aliphatic heterocycles. The van der Waals surface area contributed by atoms with Crippen LogP contribution in [0.1, 0.15) is 227 Å². The molecule has 298 valence electrons. The molecule has 3 unspecified atom stereocenters. The minimum absolute atomic E-state index is 0.0254. The topological polar surface area (TPSA) is 72.8 Å². The van der Waals surface area contributed by atoms with Crippen LogP contribution in [0, 0.1) is 11.8 Å². The van der Waals surface area contributed by atoms with Crippen LogP contribution in [0.4, 0.5) is 0 Å². The predicted octanol–water partition coefficient (Wildman–Crippen LogP) is 14.1. The quantitative estimate of drug-likeness (QED) is 0.0506. The largest absolute Gasteiger partial charge is 0.399 e.